The number of methoxy groups -OCH3 is 2. The molecule has 2 aromatic rings. The van der Waals surface area contributed by atoms with E-state index < -0.39 is 10.0 Å². The molecule has 0 aliphatic carbocycles. The van der Waals surface area contributed by atoms with E-state index in [9.17, 15) is 13.2 Å². The maximum absolute atomic E-state index is 13.3. The van der Waals surface area contributed by atoms with Crippen molar-refractivity contribution in [2.75, 3.05) is 32.6 Å². The van der Waals surface area contributed by atoms with Crippen LogP contribution in [0.25, 0.3) is 0 Å². The predicted molar refractivity (Wildman–Crippen MR) is 114 cm³/mol. The van der Waals surface area contributed by atoms with Crippen LogP contribution in [0.2, 0.25) is 0 Å². The Morgan fingerprint density at radius 3 is 2.67 bits per heavy atom. The van der Waals surface area contributed by atoms with Crippen LogP contribution in [0.3, 0.4) is 0 Å². The Hall–Kier alpha value is -2.58. The lowest BCUT2D eigenvalue weighted by Gasteiger charge is -2.19. The summed E-state index contributed by atoms with van der Waals surface area (Å²) >= 11 is 0. The van der Waals surface area contributed by atoms with E-state index in [1.54, 1.807) is 32.4 Å². The van der Waals surface area contributed by atoms with Crippen LogP contribution in [0.5, 0.6) is 11.5 Å². The van der Waals surface area contributed by atoms with Crippen molar-refractivity contribution in [2.45, 2.75) is 36.5 Å². The monoisotopic (exact) mass is 430 g/mol. The summed E-state index contributed by atoms with van der Waals surface area (Å²) in [6.07, 6.45) is 2.56. The maximum atomic E-state index is 13.3. The van der Waals surface area contributed by atoms with Crippen molar-refractivity contribution < 1.29 is 22.7 Å². The third kappa shape index (κ3) is 3.89. The molecule has 2 aliphatic rings. The SMILES string of the molecule is COc1ccc(OC)c(C2CCN(S(=O)(=O)c3ccc4c(c3)CCCC(=O)N4)C2)c1. The zero-order chi connectivity index (χ0) is 21.3. The molecule has 0 aromatic heterocycles. The number of nitrogens with zero attached hydrogens (tertiary/aromatic N) is 1. The Balaban J connectivity index is 1.58. The average molecular weight is 431 g/mol. The van der Waals surface area contributed by atoms with Crippen LogP contribution in [-0.4, -0.2) is 45.9 Å². The molecule has 1 N–H and O–H groups in total. The van der Waals surface area contributed by atoms with Gasteiger partial charge in [0.05, 0.1) is 19.1 Å². The van der Waals surface area contributed by atoms with Crippen LogP contribution in [0, 0.1) is 0 Å². The molecule has 7 nitrogen and oxygen atoms in total. The van der Waals surface area contributed by atoms with Gasteiger partial charge in [-0.25, -0.2) is 8.42 Å². The van der Waals surface area contributed by atoms with Gasteiger partial charge in [0.2, 0.25) is 15.9 Å². The quantitative estimate of drug-likeness (QED) is 0.788. The highest BCUT2D eigenvalue weighted by atomic mass is 32.2. The lowest BCUT2D eigenvalue weighted by molar-refractivity contribution is -0.116. The first-order valence-corrected chi connectivity index (χ1v) is 11.5. The van der Waals surface area contributed by atoms with Crippen LogP contribution in [0.1, 0.15) is 36.3 Å². The number of hydrogen-bond acceptors (Lipinski definition) is 5. The number of benzene rings is 2. The van der Waals surface area contributed by atoms with Crippen molar-refractivity contribution in [3.63, 3.8) is 0 Å². The Morgan fingerprint density at radius 1 is 1.07 bits per heavy atom. The first-order valence-electron chi connectivity index (χ1n) is 10.1. The van der Waals surface area contributed by atoms with E-state index in [1.807, 2.05) is 18.2 Å². The highest BCUT2D eigenvalue weighted by Crippen LogP contribution is 2.38. The van der Waals surface area contributed by atoms with E-state index >= 15 is 0 Å². The summed E-state index contributed by atoms with van der Waals surface area (Å²) in [5, 5.41) is 2.85. The Labute approximate surface area is 177 Å². The van der Waals surface area contributed by atoms with E-state index in [-0.39, 0.29) is 16.7 Å². The second-order valence-corrected chi connectivity index (χ2v) is 9.62. The summed E-state index contributed by atoms with van der Waals surface area (Å²) in [6.45, 7) is 0.834. The topological polar surface area (TPSA) is 84.9 Å². The molecule has 1 saturated heterocycles. The van der Waals surface area contributed by atoms with E-state index in [4.69, 9.17) is 9.47 Å². The van der Waals surface area contributed by atoms with Crippen LogP contribution in [0.4, 0.5) is 5.69 Å². The molecule has 160 valence electrons. The molecule has 1 unspecified atom stereocenters. The van der Waals surface area contributed by atoms with Gasteiger partial charge in [-0.05, 0) is 61.2 Å². The van der Waals surface area contributed by atoms with Gasteiger partial charge in [0.25, 0.3) is 0 Å². The summed E-state index contributed by atoms with van der Waals surface area (Å²) < 4.78 is 39.0. The number of nitrogens with one attached hydrogen (secondary N) is 1. The minimum absolute atomic E-state index is 0.0287. The van der Waals surface area contributed by atoms with Crippen LogP contribution >= 0.6 is 0 Å². The van der Waals surface area contributed by atoms with Gasteiger partial charge in [-0.1, -0.05) is 0 Å². The Kier molecular flexibility index (Phi) is 5.71. The molecule has 2 aliphatic heterocycles. The summed E-state index contributed by atoms with van der Waals surface area (Å²) in [7, 11) is -0.402. The zero-order valence-electron chi connectivity index (χ0n) is 17.2. The average Bonchev–Trinajstić information content (AvgIpc) is 3.17. The summed E-state index contributed by atoms with van der Waals surface area (Å²) in [5.41, 5.74) is 2.53. The van der Waals surface area contributed by atoms with Crippen LogP contribution < -0.4 is 14.8 Å². The zero-order valence-corrected chi connectivity index (χ0v) is 18.0. The number of aryl methyl sites for hydroxylation is 1. The normalized spacial score (nSPS) is 19.7. The second kappa shape index (κ2) is 8.28. The number of rotatable bonds is 5. The highest BCUT2D eigenvalue weighted by molar-refractivity contribution is 7.89. The first kappa shape index (κ1) is 20.7. The van der Waals surface area contributed by atoms with Gasteiger partial charge in [-0.3, -0.25) is 4.79 Å². The minimum Gasteiger partial charge on any atom is -0.497 e. The number of amides is 1. The lowest BCUT2D eigenvalue weighted by Crippen LogP contribution is -2.28. The van der Waals surface area contributed by atoms with Gasteiger partial charge in [-0.15, -0.1) is 0 Å². The largest absolute Gasteiger partial charge is 0.497 e. The van der Waals surface area contributed by atoms with Crippen molar-refractivity contribution in [3.05, 3.63) is 47.5 Å². The fourth-order valence-electron chi connectivity index (χ4n) is 4.22. The van der Waals surface area contributed by atoms with Gasteiger partial charge < -0.3 is 14.8 Å². The molecule has 1 amide bonds. The summed E-state index contributed by atoms with van der Waals surface area (Å²) in [5.74, 6) is 1.46. The standard InChI is InChI=1S/C22H26N2O5S/c1-28-17-6-9-21(29-2)19(13-17)16-10-11-24(14-16)30(26,27)18-7-8-20-15(12-18)4-3-5-22(25)23-20/h6-9,12-13,16H,3-5,10-11,14H2,1-2H3,(H,23,25). The summed E-state index contributed by atoms with van der Waals surface area (Å²) in [4.78, 5) is 12.0. The summed E-state index contributed by atoms with van der Waals surface area (Å²) in [6, 6.07) is 10.6. The number of sulfonamides is 1. The van der Waals surface area contributed by atoms with Crippen LogP contribution in [0.15, 0.2) is 41.3 Å². The smallest absolute Gasteiger partial charge is 0.243 e. The fourth-order valence-corrected chi connectivity index (χ4v) is 5.77. The number of ether oxygens (including phenoxy) is 2. The molecule has 0 bridgehead atoms. The maximum Gasteiger partial charge on any atom is 0.243 e. The van der Waals surface area contributed by atoms with Gasteiger partial charge in [0.1, 0.15) is 11.5 Å². The number of fused-ring (bicyclic) bond motifs is 1. The Morgan fingerprint density at radius 2 is 1.90 bits per heavy atom. The third-order valence-electron chi connectivity index (χ3n) is 5.87. The molecular formula is C22H26N2O5S. The van der Waals surface area contributed by atoms with E-state index in [0.29, 0.717) is 44.5 Å². The molecular weight excluding hydrogens is 404 g/mol. The van der Waals surface area contributed by atoms with Crippen molar-refractivity contribution in [1.82, 2.24) is 4.31 Å². The van der Waals surface area contributed by atoms with Gasteiger partial charge in [0.15, 0.2) is 0 Å². The predicted octanol–water partition coefficient (Wildman–Crippen LogP) is 3.16. The number of hydrogen-bond donors (Lipinski definition) is 1. The number of carbonyl (C=O) groups is 1. The minimum atomic E-state index is -3.63. The molecule has 1 fully saturated rings. The third-order valence-corrected chi connectivity index (χ3v) is 7.73. The van der Waals surface area contributed by atoms with E-state index in [1.165, 1.54) is 4.31 Å². The van der Waals surface area contributed by atoms with Gasteiger partial charge in [0, 0.05) is 36.7 Å². The van der Waals surface area contributed by atoms with E-state index in [0.717, 1.165) is 22.6 Å². The van der Waals surface area contributed by atoms with Crippen molar-refractivity contribution in [1.29, 1.82) is 0 Å². The van der Waals surface area contributed by atoms with Crippen LogP contribution in [-0.2, 0) is 21.2 Å². The molecule has 1 atom stereocenters. The molecule has 0 radical (unpaired) electrons. The molecule has 2 heterocycles. The van der Waals surface area contributed by atoms with Gasteiger partial charge in [-0.2, -0.15) is 4.31 Å². The second-order valence-electron chi connectivity index (χ2n) is 7.68. The molecule has 0 spiro atoms. The molecule has 8 heteroatoms. The first-order chi connectivity index (χ1) is 14.4. The highest BCUT2D eigenvalue weighted by Gasteiger charge is 2.35. The number of anilines is 1. The van der Waals surface area contributed by atoms with Crippen molar-refractivity contribution >= 4 is 21.6 Å². The Bertz CT molecular complexity index is 1070. The van der Waals surface area contributed by atoms with Crippen molar-refractivity contribution in [2.24, 2.45) is 0 Å². The van der Waals surface area contributed by atoms with E-state index in [2.05, 4.69) is 5.32 Å². The molecule has 4 rings (SSSR count). The van der Waals surface area contributed by atoms with Crippen molar-refractivity contribution in [3.8, 4) is 11.5 Å². The molecule has 30 heavy (non-hydrogen) atoms. The fraction of sp³-hybridized carbons (Fsp3) is 0.409. The number of carbonyl (C=O) groups excluding carboxylic acids is 1. The molecule has 0 saturated carbocycles. The lowest BCUT2D eigenvalue weighted by atomic mass is 9.97. The molecule has 2 aromatic carbocycles. The van der Waals surface area contributed by atoms with Gasteiger partial charge >= 0.3 is 0 Å².